The second-order valence-electron chi connectivity index (χ2n) is 7.38. The topological polar surface area (TPSA) is 0 Å². The van der Waals surface area contributed by atoms with Crippen molar-refractivity contribution in [1.29, 1.82) is 0 Å². The number of hydrogen-bond acceptors (Lipinski definition) is 1. The predicted octanol–water partition coefficient (Wildman–Crippen LogP) is 6.03. The molecule has 3 rings (SSSR count). The Morgan fingerprint density at radius 3 is 2.30 bits per heavy atom. The lowest BCUT2D eigenvalue weighted by atomic mass is 9.63. The molecule has 0 N–H and O–H groups in total. The highest BCUT2D eigenvalue weighted by atomic mass is 32.2. The molecule has 0 unspecified atom stereocenters. The van der Waals surface area contributed by atoms with Gasteiger partial charge in [-0.3, -0.25) is 0 Å². The SMILES string of the molecule is CC1(C)CCC(C)(C)c2cc(C3=CSC=CC3)ccc21. The van der Waals surface area contributed by atoms with E-state index < -0.39 is 0 Å². The Bertz CT molecular complexity index is 588. The number of rotatable bonds is 1. The maximum Gasteiger partial charge on any atom is -0.00780 e. The van der Waals surface area contributed by atoms with Crippen LogP contribution < -0.4 is 0 Å². The van der Waals surface area contributed by atoms with Gasteiger partial charge in [-0.15, -0.1) is 11.8 Å². The fourth-order valence-corrected chi connectivity index (χ4v) is 4.06. The smallest absolute Gasteiger partial charge is 0.00780 e. The summed E-state index contributed by atoms with van der Waals surface area (Å²) < 4.78 is 0. The van der Waals surface area contributed by atoms with Gasteiger partial charge >= 0.3 is 0 Å². The van der Waals surface area contributed by atoms with Crippen molar-refractivity contribution in [2.45, 2.75) is 57.8 Å². The molecule has 0 bridgehead atoms. The highest BCUT2D eigenvalue weighted by Crippen LogP contribution is 2.46. The molecular formula is C19H24S. The molecule has 0 fully saturated rings. The third-order valence-corrected chi connectivity index (χ3v) is 5.72. The molecule has 1 aliphatic carbocycles. The summed E-state index contributed by atoms with van der Waals surface area (Å²) in [6.07, 6.45) is 5.89. The van der Waals surface area contributed by atoms with Gasteiger partial charge in [0.2, 0.25) is 0 Å². The van der Waals surface area contributed by atoms with Gasteiger partial charge in [-0.25, -0.2) is 0 Å². The molecule has 1 aliphatic heterocycles. The average Bonchev–Trinajstić information content (AvgIpc) is 2.45. The normalized spacial score (nSPS) is 23.1. The van der Waals surface area contributed by atoms with Crippen molar-refractivity contribution in [3.05, 3.63) is 51.8 Å². The minimum absolute atomic E-state index is 0.305. The van der Waals surface area contributed by atoms with Crippen LogP contribution in [0.2, 0.25) is 0 Å². The van der Waals surface area contributed by atoms with Crippen LogP contribution in [0.5, 0.6) is 0 Å². The number of allylic oxidation sites excluding steroid dienone is 2. The molecule has 0 aromatic heterocycles. The van der Waals surface area contributed by atoms with Crippen LogP contribution in [-0.2, 0) is 10.8 Å². The maximum atomic E-state index is 2.46. The molecule has 106 valence electrons. The third-order valence-electron chi connectivity index (χ3n) is 4.95. The predicted molar refractivity (Wildman–Crippen MR) is 91.1 cm³/mol. The standard InChI is InChI=1S/C19H24S/c1-18(2)9-10-19(3,4)17-12-14(7-8-16(17)18)15-6-5-11-20-13-15/h5,7-8,11-13H,6,9-10H2,1-4H3. The van der Waals surface area contributed by atoms with Gasteiger partial charge in [-0.2, -0.15) is 0 Å². The van der Waals surface area contributed by atoms with Gasteiger partial charge in [0.15, 0.2) is 0 Å². The van der Waals surface area contributed by atoms with E-state index in [0.717, 1.165) is 6.42 Å². The molecule has 0 amide bonds. The van der Waals surface area contributed by atoms with Gasteiger partial charge in [0, 0.05) is 0 Å². The lowest BCUT2D eigenvalue weighted by molar-refractivity contribution is 0.332. The molecule has 2 aliphatic rings. The van der Waals surface area contributed by atoms with Gasteiger partial charge in [0.25, 0.3) is 0 Å². The molecule has 0 saturated carbocycles. The van der Waals surface area contributed by atoms with Crippen LogP contribution in [0, 0.1) is 0 Å². The quantitative estimate of drug-likeness (QED) is 0.607. The van der Waals surface area contributed by atoms with E-state index in [0.29, 0.717) is 10.8 Å². The zero-order chi connectivity index (χ0) is 14.4. The van der Waals surface area contributed by atoms with E-state index in [1.165, 1.54) is 24.0 Å². The van der Waals surface area contributed by atoms with E-state index in [9.17, 15) is 0 Å². The summed E-state index contributed by atoms with van der Waals surface area (Å²) in [6, 6.07) is 7.17. The Hall–Kier alpha value is -0.950. The summed E-state index contributed by atoms with van der Waals surface area (Å²) in [5.74, 6) is 0. The van der Waals surface area contributed by atoms with Crippen molar-refractivity contribution < 1.29 is 0 Å². The molecule has 0 radical (unpaired) electrons. The lowest BCUT2D eigenvalue weighted by Crippen LogP contribution is -2.33. The molecule has 1 aromatic rings. The second-order valence-corrected chi connectivity index (χ2v) is 8.16. The summed E-state index contributed by atoms with van der Waals surface area (Å²) >= 11 is 1.79. The first kappa shape index (κ1) is 14.0. The fourth-order valence-electron chi connectivity index (χ4n) is 3.37. The van der Waals surface area contributed by atoms with Crippen molar-refractivity contribution >= 4 is 17.3 Å². The van der Waals surface area contributed by atoms with Crippen LogP contribution in [0.25, 0.3) is 5.57 Å². The Labute approximate surface area is 127 Å². The average molecular weight is 284 g/mol. The van der Waals surface area contributed by atoms with E-state index in [-0.39, 0.29) is 0 Å². The Balaban J connectivity index is 2.09. The number of fused-ring (bicyclic) bond motifs is 1. The number of hydrogen-bond donors (Lipinski definition) is 0. The minimum atomic E-state index is 0.305. The lowest BCUT2D eigenvalue weighted by Gasteiger charge is -2.42. The van der Waals surface area contributed by atoms with Gasteiger partial charge in [0.1, 0.15) is 0 Å². The first-order valence-electron chi connectivity index (χ1n) is 7.55. The largest absolute Gasteiger partial charge is 0.106 e. The maximum absolute atomic E-state index is 2.46. The van der Waals surface area contributed by atoms with E-state index in [2.05, 4.69) is 62.8 Å². The molecule has 1 heteroatoms. The molecular weight excluding hydrogens is 260 g/mol. The Morgan fingerprint density at radius 2 is 1.65 bits per heavy atom. The Morgan fingerprint density at radius 1 is 0.950 bits per heavy atom. The van der Waals surface area contributed by atoms with Crippen LogP contribution in [0.3, 0.4) is 0 Å². The van der Waals surface area contributed by atoms with Crippen molar-refractivity contribution in [3.8, 4) is 0 Å². The summed E-state index contributed by atoms with van der Waals surface area (Å²) in [5.41, 5.74) is 6.60. The monoisotopic (exact) mass is 284 g/mol. The molecule has 0 atom stereocenters. The summed E-state index contributed by atoms with van der Waals surface area (Å²) in [7, 11) is 0. The molecule has 1 aromatic carbocycles. The van der Waals surface area contributed by atoms with Crippen LogP contribution in [-0.4, -0.2) is 0 Å². The van der Waals surface area contributed by atoms with Crippen molar-refractivity contribution in [3.63, 3.8) is 0 Å². The van der Waals surface area contributed by atoms with Crippen LogP contribution in [0.15, 0.2) is 35.1 Å². The minimum Gasteiger partial charge on any atom is -0.106 e. The van der Waals surface area contributed by atoms with Gasteiger partial charge in [-0.05, 0) is 63.2 Å². The molecule has 0 spiro atoms. The van der Waals surface area contributed by atoms with Gasteiger partial charge in [0.05, 0.1) is 0 Å². The number of benzene rings is 1. The van der Waals surface area contributed by atoms with Gasteiger partial charge < -0.3 is 0 Å². The zero-order valence-electron chi connectivity index (χ0n) is 13.0. The van der Waals surface area contributed by atoms with Gasteiger partial charge in [-0.1, -0.05) is 52.0 Å². The van der Waals surface area contributed by atoms with Crippen LogP contribution in [0.1, 0.15) is 63.6 Å². The van der Waals surface area contributed by atoms with Crippen molar-refractivity contribution in [1.82, 2.24) is 0 Å². The summed E-state index contributed by atoms with van der Waals surface area (Å²) in [5, 5.41) is 4.47. The highest BCUT2D eigenvalue weighted by Gasteiger charge is 2.36. The Kier molecular flexibility index (Phi) is 3.36. The summed E-state index contributed by atoms with van der Waals surface area (Å²) in [6.45, 7) is 9.57. The van der Waals surface area contributed by atoms with E-state index >= 15 is 0 Å². The van der Waals surface area contributed by atoms with E-state index in [1.54, 1.807) is 22.9 Å². The van der Waals surface area contributed by atoms with Crippen LogP contribution >= 0.6 is 11.8 Å². The molecule has 1 heterocycles. The molecule has 0 saturated heterocycles. The highest BCUT2D eigenvalue weighted by molar-refractivity contribution is 8.05. The van der Waals surface area contributed by atoms with Crippen molar-refractivity contribution in [2.24, 2.45) is 0 Å². The van der Waals surface area contributed by atoms with E-state index in [1.807, 2.05) is 0 Å². The van der Waals surface area contributed by atoms with Crippen LogP contribution in [0.4, 0.5) is 0 Å². The second kappa shape index (κ2) is 4.80. The first-order chi connectivity index (χ1) is 9.40. The molecule has 0 nitrogen and oxygen atoms in total. The van der Waals surface area contributed by atoms with Crippen molar-refractivity contribution in [2.75, 3.05) is 0 Å². The molecule has 20 heavy (non-hydrogen) atoms. The number of thioether (sulfide) groups is 1. The summed E-state index contributed by atoms with van der Waals surface area (Å²) in [4.78, 5) is 0. The third kappa shape index (κ3) is 2.37. The first-order valence-corrected chi connectivity index (χ1v) is 8.49. The zero-order valence-corrected chi connectivity index (χ0v) is 13.8. The van der Waals surface area contributed by atoms with E-state index in [4.69, 9.17) is 0 Å². The fraction of sp³-hybridized carbons (Fsp3) is 0.474.